The summed E-state index contributed by atoms with van der Waals surface area (Å²) in [5.74, 6) is 1.03. The van der Waals surface area contributed by atoms with Crippen LogP contribution in [0.2, 0.25) is 0 Å². The highest BCUT2D eigenvalue weighted by Gasteiger charge is 2.29. The molecule has 150 valence electrons. The standard InChI is InChI=1S/C22H18F3NO2S/c23-22(24,25)17-8-10-18(11-9-17)26-21(27)16-6-12-19(13-7-16)28-14-15-29-20-4-2-1-3-5-20/h1-13H,14-15H2,(H,26,27). The van der Waals surface area contributed by atoms with Gasteiger partial charge in [0.1, 0.15) is 5.75 Å². The normalized spacial score (nSPS) is 11.1. The van der Waals surface area contributed by atoms with E-state index in [1.807, 2.05) is 30.3 Å². The van der Waals surface area contributed by atoms with Crippen molar-refractivity contribution in [1.29, 1.82) is 0 Å². The van der Waals surface area contributed by atoms with Gasteiger partial charge in [-0.1, -0.05) is 18.2 Å². The highest BCUT2D eigenvalue weighted by Crippen LogP contribution is 2.30. The summed E-state index contributed by atoms with van der Waals surface area (Å²) in [5.41, 5.74) is -0.0837. The van der Waals surface area contributed by atoms with Gasteiger partial charge in [-0.2, -0.15) is 13.2 Å². The summed E-state index contributed by atoms with van der Waals surface area (Å²) in [6.07, 6.45) is -4.40. The van der Waals surface area contributed by atoms with Crippen molar-refractivity contribution in [2.75, 3.05) is 17.7 Å². The lowest BCUT2D eigenvalue weighted by molar-refractivity contribution is -0.137. The van der Waals surface area contributed by atoms with E-state index in [1.54, 1.807) is 36.0 Å². The molecule has 0 aromatic heterocycles. The molecule has 0 atom stereocenters. The average Bonchev–Trinajstić information content (AvgIpc) is 2.72. The van der Waals surface area contributed by atoms with E-state index in [-0.39, 0.29) is 0 Å². The molecule has 0 bridgehead atoms. The number of rotatable bonds is 7. The van der Waals surface area contributed by atoms with Crippen LogP contribution in [0.15, 0.2) is 83.8 Å². The lowest BCUT2D eigenvalue weighted by Crippen LogP contribution is -2.12. The zero-order valence-electron chi connectivity index (χ0n) is 15.3. The molecule has 0 fully saturated rings. The number of hydrogen-bond acceptors (Lipinski definition) is 3. The van der Waals surface area contributed by atoms with Gasteiger partial charge in [-0.15, -0.1) is 11.8 Å². The van der Waals surface area contributed by atoms with Crippen molar-refractivity contribution in [1.82, 2.24) is 0 Å². The number of nitrogens with one attached hydrogen (secondary N) is 1. The Kier molecular flexibility index (Phi) is 6.82. The third kappa shape index (κ3) is 6.29. The highest BCUT2D eigenvalue weighted by atomic mass is 32.2. The van der Waals surface area contributed by atoms with Gasteiger partial charge in [-0.05, 0) is 60.7 Å². The summed E-state index contributed by atoms with van der Waals surface area (Å²) in [6, 6.07) is 20.9. The van der Waals surface area contributed by atoms with Crippen molar-refractivity contribution < 1.29 is 22.7 Å². The molecule has 0 aliphatic rings. The van der Waals surface area contributed by atoms with Crippen LogP contribution in [0.1, 0.15) is 15.9 Å². The minimum absolute atomic E-state index is 0.293. The number of anilines is 1. The largest absolute Gasteiger partial charge is 0.493 e. The minimum Gasteiger partial charge on any atom is -0.493 e. The van der Waals surface area contributed by atoms with Gasteiger partial charge in [-0.3, -0.25) is 4.79 Å². The molecule has 0 aliphatic heterocycles. The van der Waals surface area contributed by atoms with Crippen LogP contribution in [0, 0.1) is 0 Å². The molecule has 7 heteroatoms. The maximum absolute atomic E-state index is 12.6. The topological polar surface area (TPSA) is 38.3 Å². The zero-order chi connectivity index (χ0) is 20.7. The quantitative estimate of drug-likeness (QED) is 0.371. The van der Waals surface area contributed by atoms with Crippen LogP contribution in [-0.2, 0) is 6.18 Å². The number of amides is 1. The van der Waals surface area contributed by atoms with Crippen molar-refractivity contribution in [3.05, 3.63) is 90.0 Å². The first-order chi connectivity index (χ1) is 13.9. The Hall–Kier alpha value is -2.93. The first-order valence-electron chi connectivity index (χ1n) is 8.81. The van der Waals surface area contributed by atoms with E-state index < -0.39 is 17.6 Å². The second-order valence-corrected chi connectivity index (χ2v) is 7.23. The fourth-order valence-corrected chi connectivity index (χ4v) is 3.24. The first kappa shape index (κ1) is 20.8. The number of hydrogen-bond donors (Lipinski definition) is 1. The van der Waals surface area contributed by atoms with Crippen LogP contribution in [-0.4, -0.2) is 18.3 Å². The number of carbonyl (C=O) groups excluding carboxylic acids is 1. The maximum atomic E-state index is 12.6. The maximum Gasteiger partial charge on any atom is 0.416 e. The van der Waals surface area contributed by atoms with E-state index in [0.717, 1.165) is 17.9 Å². The summed E-state index contributed by atoms with van der Waals surface area (Å²) in [4.78, 5) is 13.4. The molecule has 3 aromatic rings. The third-order valence-corrected chi connectivity index (χ3v) is 4.93. The van der Waals surface area contributed by atoms with Gasteiger partial charge in [0.25, 0.3) is 5.91 Å². The highest BCUT2D eigenvalue weighted by molar-refractivity contribution is 7.99. The zero-order valence-corrected chi connectivity index (χ0v) is 16.1. The van der Waals surface area contributed by atoms with Gasteiger partial charge in [0.2, 0.25) is 0 Å². The summed E-state index contributed by atoms with van der Waals surface area (Å²) < 4.78 is 43.4. The predicted molar refractivity (Wildman–Crippen MR) is 109 cm³/mol. The minimum atomic E-state index is -4.40. The van der Waals surface area contributed by atoms with Crippen LogP contribution in [0.25, 0.3) is 0 Å². The smallest absolute Gasteiger partial charge is 0.416 e. The molecule has 29 heavy (non-hydrogen) atoms. The molecule has 1 N–H and O–H groups in total. The number of carbonyl (C=O) groups is 1. The van der Waals surface area contributed by atoms with Gasteiger partial charge in [-0.25, -0.2) is 0 Å². The summed E-state index contributed by atoms with van der Waals surface area (Å²) in [7, 11) is 0. The van der Waals surface area contributed by atoms with E-state index in [9.17, 15) is 18.0 Å². The summed E-state index contributed by atoms with van der Waals surface area (Å²) in [6.45, 7) is 0.524. The molecule has 3 rings (SSSR count). The molecule has 0 spiro atoms. The van der Waals surface area contributed by atoms with Gasteiger partial charge in [0.05, 0.1) is 12.2 Å². The van der Waals surface area contributed by atoms with E-state index in [2.05, 4.69) is 5.32 Å². The second kappa shape index (κ2) is 9.52. The van der Waals surface area contributed by atoms with Gasteiger partial charge >= 0.3 is 6.18 Å². The number of halogens is 3. The molecule has 0 saturated carbocycles. The summed E-state index contributed by atoms with van der Waals surface area (Å²) >= 11 is 1.69. The molecule has 0 aliphatic carbocycles. The van der Waals surface area contributed by atoms with Crippen LogP contribution in [0.3, 0.4) is 0 Å². The van der Waals surface area contributed by atoms with E-state index in [1.165, 1.54) is 17.0 Å². The van der Waals surface area contributed by atoms with Crippen molar-refractivity contribution in [3.63, 3.8) is 0 Å². The molecule has 3 aromatic carbocycles. The lowest BCUT2D eigenvalue weighted by atomic mass is 10.1. The van der Waals surface area contributed by atoms with Crippen molar-refractivity contribution >= 4 is 23.4 Å². The van der Waals surface area contributed by atoms with Gasteiger partial charge < -0.3 is 10.1 Å². The Balaban J connectivity index is 1.48. The Morgan fingerprint density at radius 3 is 2.17 bits per heavy atom. The molecular weight excluding hydrogens is 399 g/mol. The molecule has 0 unspecified atom stereocenters. The lowest BCUT2D eigenvalue weighted by Gasteiger charge is -2.10. The molecular formula is C22H18F3NO2S. The van der Waals surface area contributed by atoms with E-state index >= 15 is 0 Å². The molecule has 3 nitrogen and oxygen atoms in total. The SMILES string of the molecule is O=C(Nc1ccc(C(F)(F)F)cc1)c1ccc(OCCSc2ccccc2)cc1. The number of ether oxygens (including phenoxy) is 1. The fraction of sp³-hybridized carbons (Fsp3) is 0.136. The monoisotopic (exact) mass is 417 g/mol. The number of thioether (sulfide) groups is 1. The number of alkyl halides is 3. The fourth-order valence-electron chi connectivity index (χ4n) is 2.48. The molecule has 0 heterocycles. The molecule has 0 radical (unpaired) electrons. The van der Waals surface area contributed by atoms with E-state index in [4.69, 9.17) is 4.74 Å². The average molecular weight is 417 g/mol. The van der Waals surface area contributed by atoms with Gasteiger partial charge in [0.15, 0.2) is 0 Å². The molecule has 1 amide bonds. The number of benzene rings is 3. The van der Waals surface area contributed by atoms with Crippen molar-refractivity contribution in [2.24, 2.45) is 0 Å². The second-order valence-electron chi connectivity index (χ2n) is 6.06. The van der Waals surface area contributed by atoms with Crippen LogP contribution < -0.4 is 10.1 Å². The summed E-state index contributed by atoms with van der Waals surface area (Å²) in [5, 5.41) is 2.58. The Morgan fingerprint density at radius 2 is 1.55 bits per heavy atom. The van der Waals surface area contributed by atoms with Crippen LogP contribution in [0.4, 0.5) is 18.9 Å². The Bertz CT molecular complexity index is 927. The van der Waals surface area contributed by atoms with Gasteiger partial charge in [0, 0.05) is 21.9 Å². The molecule has 0 saturated heterocycles. The predicted octanol–water partition coefficient (Wildman–Crippen LogP) is 6.13. The third-order valence-electron chi connectivity index (χ3n) is 3.95. The van der Waals surface area contributed by atoms with Crippen LogP contribution >= 0.6 is 11.8 Å². The Morgan fingerprint density at radius 1 is 0.897 bits per heavy atom. The van der Waals surface area contributed by atoms with Crippen LogP contribution in [0.5, 0.6) is 5.75 Å². The Labute approximate surface area is 170 Å². The van der Waals surface area contributed by atoms with E-state index in [0.29, 0.717) is 23.6 Å². The van der Waals surface area contributed by atoms with Crippen molar-refractivity contribution in [3.8, 4) is 5.75 Å². The first-order valence-corrected chi connectivity index (χ1v) is 9.80. The van der Waals surface area contributed by atoms with Crippen molar-refractivity contribution in [2.45, 2.75) is 11.1 Å².